The van der Waals surface area contributed by atoms with Gasteiger partial charge in [0, 0.05) is 0 Å². The second-order valence-corrected chi connectivity index (χ2v) is 5.63. The first-order valence-corrected chi connectivity index (χ1v) is 5.76. The van der Waals surface area contributed by atoms with E-state index in [1.807, 2.05) is 0 Å². The maximum atomic E-state index is 3.34. The van der Waals surface area contributed by atoms with E-state index < -0.39 is 0 Å². The Balaban J connectivity index is 2.44. The molecule has 0 N–H and O–H groups in total. The van der Waals surface area contributed by atoms with Crippen LogP contribution in [0.5, 0.6) is 0 Å². The van der Waals surface area contributed by atoms with Crippen molar-refractivity contribution < 1.29 is 0 Å². The minimum absolute atomic E-state index is 0.846. The van der Waals surface area contributed by atoms with Gasteiger partial charge in [0.15, 0.2) is 0 Å². The van der Waals surface area contributed by atoms with Crippen molar-refractivity contribution in [2.45, 2.75) is 44.9 Å². The van der Waals surface area contributed by atoms with Crippen molar-refractivity contribution in [3.63, 3.8) is 0 Å². The van der Waals surface area contributed by atoms with Gasteiger partial charge in [-0.25, -0.2) is 0 Å². The normalized spacial score (nSPS) is 39.5. The summed E-state index contributed by atoms with van der Waals surface area (Å²) in [5, 5.41) is 0. The summed E-state index contributed by atoms with van der Waals surface area (Å²) < 4.78 is 0. The van der Waals surface area contributed by atoms with Crippen molar-refractivity contribution in [1.29, 1.82) is 0 Å². The molecule has 1 radical (unpaired) electrons. The van der Waals surface area contributed by atoms with Crippen LogP contribution in [0, 0.1) is 17.8 Å². The second-order valence-electron chi connectivity index (χ2n) is 4.36. The molecule has 1 heteroatoms. The average molecular weight is 218 g/mol. The molecule has 0 aliphatic heterocycles. The molecule has 1 fully saturated rings. The molecule has 1 rings (SSSR count). The molecule has 1 aliphatic rings. The molecule has 3 atom stereocenters. The van der Waals surface area contributed by atoms with E-state index in [9.17, 15) is 0 Å². The van der Waals surface area contributed by atoms with E-state index in [2.05, 4.69) is 36.8 Å². The molecule has 1 aliphatic carbocycles. The molecule has 0 amide bonds. The number of hydrogen-bond donors (Lipinski definition) is 0. The number of hydrogen-bond acceptors (Lipinski definition) is 0. The Morgan fingerprint density at radius 1 is 1.27 bits per heavy atom. The van der Waals surface area contributed by atoms with Gasteiger partial charge < -0.3 is 0 Å². The van der Waals surface area contributed by atoms with Gasteiger partial charge in [0.05, 0.1) is 0 Å². The molecular weight excluding hydrogens is 199 g/mol. The summed E-state index contributed by atoms with van der Waals surface area (Å²) >= 11 is 3.34. The van der Waals surface area contributed by atoms with E-state index in [0.717, 1.165) is 22.6 Å². The van der Waals surface area contributed by atoms with Crippen molar-refractivity contribution in [2.24, 2.45) is 17.8 Å². The molecule has 0 heterocycles. The first kappa shape index (κ1) is 9.61. The summed E-state index contributed by atoms with van der Waals surface area (Å²) in [5.41, 5.74) is 0. The first-order valence-electron chi connectivity index (χ1n) is 4.77. The van der Waals surface area contributed by atoms with Crippen LogP contribution < -0.4 is 0 Å². The van der Waals surface area contributed by atoms with Crippen LogP contribution in [0.3, 0.4) is 0 Å². The standard InChI is InChI=1S/C10H19Se/c1-7(2)9-5-4-8(3)6-10(9)11/h7-10H,4-6H2,1-3H3/t8-,9+,10-/m1/s1. The molecule has 0 aromatic rings. The van der Waals surface area contributed by atoms with E-state index in [-0.39, 0.29) is 0 Å². The van der Waals surface area contributed by atoms with Crippen LogP contribution in [0.2, 0.25) is 4.82 Å². The fourth-order valence-corrected chi connectivity index (χ4v) is 3.75. The van der Waals surface area contributed by atoms with Gasteiger partial charge in [0.1, 0.15) is 0 Å². The minimum atomic E-state index is 0.846. The van der Waals surface area contributed by atoms with Crippen molar-refractivity contribution in [1.82, 2.24) is 0 Å². The summed E-state index contributed by atoms with van der Waals surface area (Å²) in [5.74, 6) is 2.77. The Bertz CT molecular complexity index is 120. The van der Waals surface area contributed by atoms with E-state index in [4.69, 9.17) is 0 Å². The summed E-state index contributed by atoms with van der Waals surface area (Å²) in [4.78, 5) is 0.846. The van der Waals surface area contributed by atoms with Gasteiger partial charge in [-0.05, 0) is 0 Å². The van der Waals surface area contributed by atoms with Gasteiger partial charge in [0.2, 0.25) is 0 Å². The van der Waals surface area contributed by atoms with E-state index >= 15 is 0 Å². The third-order valence-electron chi connectivity index (χ3n) is 2.96. The van der Waals surface area contributed by atoms with Gasteiger partial charge in [-0.2, -0.15) is 0 Å². The Morgan fingerprint density at radius 2 is 1.91 bits per heavy atom. The van der Waals surface area contributed by atoms with E-state index in [1.165, 1.54) is 19.3 Å². The van der Waals surface area contributed by atoms with Crippen molar-refractivity contribution in [3.05, 3.63) is 0 Å². The van der Waals surface area contributed by atoms with E-state index in [1.54, 1.807) is 0 Å². The molecule has 0 spiro atoms. The second kappa shape index (κ2) is 3.96. The predicted molar refractivity (Wildman–Crippen MR) is 50.8 cm³/mol. The van der Waals surface area contributed by atoms with Gasteiger partial charge in [-0.1, -0.05) is 0 Å². The predicted octanol–water partition coefficient (Wildman–Crippen LogP) is 3.04. The fourth-order valence-electron chi connectivity index (χ4n) is 2.11. The molecule has 0 saturated heterocycles. The molecule has 0 bridgehead atoms. The summed E-state index contributed by atoms with van der Waals surface area (Å²) in [6.45, 7) is 7.08. The average Bonchev–Trinajstić information content (AvgIpc) is 1.85. The van der Waals surface area contributed by atoms with Crippen molar-refractivity contribution >= 4 is 16.0 Å². The van der Waals surface area contributed by atoms with Gasteiger partial charge in [-0.3, -0.25) is 0 Å². The van der Waals surface area contributed by atoms with Gasteiger partial charge in [-0.15, -0.1) is 0 Å². The van der Waals surface area contributed by atoms with Crippen LogP contribution >= 0.6 is 0 Å². The fraction of sp³-hybridized carbons (Fsp3) is 1.00. The van der Waals surface area contributed by atoms with Crippen molar-refractivity contribution in [3.8, 4) is 0 Å². The monoisotopic (exact) mass is 219 g/mol. The van der Waals surface area contributed by atoms with Crippen LogP contribution in [0.1, 0.15) is 40.0 Å². The Hall–Kier alpha value is 0.519. The molecule has 1 saturated carbocycles. The zero-order valence-electron chi connectivity index (χ0n) is 7.84. The molecule has 11 heavy (non-hydrogen) atoms. The third kappa shape index (κ3) is 2.49. The Labute approximate surface area is 79.0 Å². The van der Waals surface area contributed by atoms with Crippen molar-refractivity contribution in [2.75, 3.05) is 0 Å². The molecular formula is C10H19Se. The molecule has 0 unspecified atom stereocenters. The molecule has 0 nitrogen and oxygen atoms in total. The topological polar surface area (TPSA) is 0 Å². The van der Waals surface area contributed by atoms with Crippen LogP contribution in [-0.4, -0.2) is 16.0 Å². The molecule has 0 aromatic carbocycles. The van der Waals surface area contributed by atoms with Gasteiger partial charge >= 0.3 is 78.6 Å². The first-order chi connectivity index (χ1) is 5.11. The van der Waals surface area contributed by atoms with Crippen LogP contribution in [-0.2, 0) is 0 Å². The Kier molecular flexibility index (Phi) is 3.46. The third-order valence-corrected chi connectivity index (χ3v) is 4.10. The molecule has 0 aromatic heterocycles. The van der Waals surface area contributed by atoms with Crippen LogP contribution in [0.15, 0.2) is 0 Å². The summed E-state index contributed by atoms with van der Waals surface area (Å²) in [6, 6.07) is 0. The quantitative estimate of drug-likeness (QED) is 0.593. The number of rotatable bonds is 1. The molecule has 65 valence electrons. The summed E-state index contributed by atoms with van der Waals surface area (Å²) in [7, 11) is 0. The summed E-state index contributed by atoms with van der Waals surface area (Å²) in [6.07, 6.45) is 4.29. The van der Waals surface area contributed by atoms with Crippen LogP contribution in [0.4, 0.5) is 0 Å². The zero-order chi connectivity index (χ0) is 8.43. The Morgan fingerprint density at radius 3 is 2.36 bits per heavy atom. The maximum absolute atomic E-state index is 3.34. The SMILES string of the molecule is CC(C)[C@@H]1CC[C@@H](C)C[C@H]1[Se]. The van der Waals surface area contributed by atoms with E-state index in [0.29, 0.717) is 0 Å². The van der Waals surface area contributed by atoms with Crippen LogP contribution in [0.25, 0.3) is 0 Å². The van der Waals surface area contributed by atoms with Gasteiger partial charge in [0.25, 0.3) is 0 Å². The zero-order valence-corrected chi connectivity index (χ0v) is 9.55.